The lowest BCUT2D eigenvalue weighted by Gasteiger charge is -2.31. The molecule has 44 heavy (non-hydrogen) atoms. The average Bonchev–Trinajstić information content (AvgIpc) is 2.96. The zero-order chi connectivity index (χ0) is 32.2. The van der Waals surface area contributed by atoms with Crippen LogP contribution < -0.4 is 10.4 Å². The molecule has 240 valence electrons. The number of fused-ring (bicyclic) bond motifs is 1. The Bertz CT molecular complexity index is 1410. The molecule has 2 aromatic carbocycles. The zero-order valence-electron chi connectivity index (χ0n) is 26.9. The molecule has 1 atom stereocenters. The van der Waals surface area contributed by atoms with E-state index in [9.17, 15) is 9.59 Å². The third-order valence-corrected chi connectivity index (χ3v) is 8.75. The van der Waals surface area contributed by atoms with Gasteiger partial charge in [0.15, 0.2) is 0 Å². The second-order valence-corrected chi connectivity index (χ2v) is 18.3. The molecule has 0 bridgehead atoms. The van der Waals surface area contributed by atoms with E-state index in [1.54, 1.807) is 6.07 Å². The fraction of sp³-hybridized carbons (Fsp3) is 0.514. The Labute approximate surface area is 290 Å². The van der Waals surface area contributed by atoms with Gasteiger partial charge in [0.2, 0.25) is 0 Å². The van der Waals surface area contributed by atoms with Gasteiger partial charge in [-0.1, -0.05) is 115 Å². The Balaban J connectivity index is 1.39. The largest absolute Gasteiger partial charge is 0.493 e. The van der Waals surface area contributed by atoms with Gasteiger partial charge in [-0.15, -0.1) is 0 Å². The predicted molar refractivity (Wildman–Crippen MR) is 200 cm³/mol. The van der Waals surface area contributed by atoms with Crippen LogP contribution in [0, 0.1) is 5.92 Å². The van der Waals surface area contributed by atoms with Crippen LogP contribution in [0.2, 0.25) is 0 Å². The van der Waals surface area contributed by atoms with Crippen molar-refractivity contribution in [2.24, 2.45) is 5.92 Å². The highest BCUT2D eigenvalue weighted by Gasteiger charge is 2.37. The molecule has 0 saturated heterocycles. The zero-order valence-corrected chi connectivity index (χ0v) is 31.2. The van der Waals surface area contributed by atoms with Crippen LogP contribution in [0.25, 0.3) is 22.1 Å². The van der Waals surface area contributed by atoms with Crippen LogP contribution in [0.1, 0.15) is 91.5 Å². The number of alkyl halides is 2. The number of esters is 1. The maximum absolute atomic E-state index is 12.8. The number of hydrogen-bond donors (Lipinski definition) is 0. The Morgan fingerprint density at radius 2 is 1.59 bits per heavy atom. The van der Waals surface area contributed by atoms with Crippen LogP contribution in [0.15, 0.2) is 69.9 Å². The molecule has 0 amide bonds. The van der Waals surface area contributed by atoms with E-state index in [1.807, 2.05) is 30.3 Å². The van der Waals surface area contributed by atoms with Crippen LogP contribution in [-0.4, -0.2) is 26.0 Å². The van der Waals surface area contributed by atoms with Gasteiger partial charge in [0.25, 0.3) is 0 Å². The van der Waals surface area contributed by atoms with E-state index in [0.717, 1.165) is 49.5 Å². The lowest BCUT2D eigenvalue weighted by molar-refractivity contribution is -0.149. The second kappa shape index (κ2) is 17.7. The van der Waals surface area contributed by atoms with Crippen molar-refractivity contribution in [2.75, 3.05) is 13.2 Å². The van der Waals surface area contributed by atoms with Crippen molar-refractivity contribution in [1.29, 1.82) is 0 Å². The molecular formula is C37H48I2O5. The Kier molecular flexibility index (Phi) is 14.7. The molecule has 5 nitrogen and oxygen atoms in total. The number of unbranched alkanes of at least 4 members (excludes halogenated alkanes) is 4. The molecule has 3 rings (SSSR count). The molecule has 0 aliphatic heterocycles. The molecule has 3 aromatic rings. The summed E-state index contributed by atoms with van der Waals surface area (Å²) < 4.78 is 17.1. The van der Waals surface area contributed by atoms with E-state index in [-0.39, 0.29) is 24.4 Å². The Morgan fingerprint density at radius 3 is 2.23 bits per heavy atom. The molecule has 0 fully saturated rings. The first-order valence-electron chi connectivity index (χ1n) is 15.9. The maximum Gasteiger partial charge on any atom is 0.344 e. The predicted octanol–water partition coefficient (Wildman–Crippen LogP) is 10.7. The summed E-state index contributed by atoms with van der Waals surface area (Å²) in [4.78, 5) is 25.5. The Hall–Kier alpha value is -1.88. The van der Waals surface area contributed by atoms with E-state index in [4.69, 9.17) is 13.9 Å². The number of aryl methyl sites for hydroxylation is 1. The van der Waals surface area contributed by atoms with Crippen molar-refractivity contribution in [3.63, 3.8) is 0 Å². The van der Waals surface area contributed by atoms with Gasteiger partial charge >= 0.3 is 11.6 Å². The number of allylic oxidation sites excluding steroid dienone is 2. The van der Waals surface area contributed by atoms with Gasteiger partial charge in [0, 0.05) is 18.3 Å². The minimum absolute atomic E-state index is 0.0469. The average molecular weight is 827 g/mol. The topological polar surface area (TPSA) is 65.7 Å². The summed E-state index contributed by atoms with van der Waals surface area (Å²) >= 11 is 4.76. The van der Waals surface area contributed by atoms with Crippen molar-refractivity contribution in [1.82, 2.24) is 0 Å². The van der Waals surface area contributed by atoms with E-state index in [2.05, 4.69) is 104 Å². The van der Waals surface area contributed by atoms with Gasteiger partial charge in [0.05, 0.1) is 24.7 Å². The first kappa shape index (κ1) is 36.6. The number of carbonyl (C=O) groups is 1. The maximum atomic E-state index is 12.8. The highest BCUT2D eigenvalue weighted by molar-refractivity contribution is 14.1. The monoisotopic (exact) mass is 826 g/mol. The SMILES string of the molecule is CCCCCc1ccc(-c2cc3ccc(OCCC/C=C/CCCOC(=O)C(CC(C)(C)I)C(C)(C)I)cc3oc2=O)cc1. The number of hydrogen-bond acceptors (Lipinski definition) is 5. The van der Waals surface area contributed by atoms with Gasteiger partial charge in [-0.3, -0.25) is 4.79 Å². The highest BCUT2D eigenvalue weighted by Crippen LogP contribution is 2.37. The summed E-state index contributed by atoms with van der Waals surface area (Å²) in [7, 11) is 0. The van der Waals surface area contributed by atoms with Gasteiger partial charge in [0.1, 0.15) is 11.3 Å². The van der Waals surface area contributed by atoms with E-state index < -0.39 is 0 Å². The first-order valence-corrected chi connectivity index (χ1v) is 18.0. The summed E-state index contributed by atoms with van der Waals surface area (Å²) in [6, 6.07) is 15.8. The third kappa shape index (κ3) is 12.5. The molecule has 0 radical (unpaired) electrons. The number of carbonyl (C=O) groups excluding carboxylic acids is 1. The van der Waals surface area contributed by atoms with E-state index in [1.165, 1.54) is 24.8 Å². The molecule has 1 heterocycles. The minimum Gasteiger partial charge on any atom is -0.493 e. The molecule has 0 saturated carbocycles. The molecule has 0 aliphatic rings. The van der Waals surface area contributed by atoms with Crippen molar-refractivity contribution in [3.8, 4) is 16.9 Å². The fourth-order valence-electron chi connectivity index (χ4n) is 5.01. The van der Waals surface area contributed by atoms with E-state index >= 15 is 0 Å². The summed E-state index contributed by atoms with van der Waals surface area (Å²) in [5.74, 6) is 0.477. The van der Waals surface area contributed by atoms with Gasteiger partial charge in [-0.2, -0.15) is 0 Å². The summed E-state index contributed by atoms with van der Waals surface area (Å²) in [5.41, 5.74) is 2.93. The Morgan fingerprint density at radius 1 is 0.909 bits per heavy atom. The molecule has 0 aliphatic carbocycles. The molecule has 1 unspecified atom stereocenters. The normalized spacial score (nSPS) is 13.0. The smallest absolute Gasteiger partial charge is 0.344 e. The number of halogens is 2. The second-order valence-electron chi connectivity index (χ2n) is 12.6. The minimum atomic E-state index is -0.341. The number of benzene rings is 2. The van der Waals surface area contributed by atoms with Crippen LogP contribution in [0.5, 0.6) is 5.75 Å². The lowest BCUT2D eigenvalue weighted by Crippen LogP contribution is -2.37. The van der Waals surface area contributed by atoms with Gasteiger partial charge < -0.3 is 13.9 Å². The van der Waals surface area contributed by atoms with Crippen molar-refractivity contribution in [2.45, 2.75) is 99.2 Å². The third-order valence-electron chi connectivity index (χ3n) is 7.55. The molecule has 0 N–H and O–H groups in total. The lowest BCUT2D eigenvalue weighted by atomic mass is 9.87. The van der Waals surface area contributed by atoms with Crippen LogP contribution in [0.3, 0.4) is 0 Å². The van der Waals surface area contributed by atoms with Gasteiger partial charge in [-0.25, -0.2) is 4.79 Å². The molecular weight excluding hydrogens is 778 g/mol. The fourth-order valence-corrected chi connectivity index (χ4v) is 5.92. The van der Waals surface area contributed by atoms with Crippen molar-refractivity contribution in [3.05, 3.63) is 76.7 Å². The summed E-state index contributed by atoms with van der Waals surface area (Å²) in [5, 5.41) is 0.870. The molecule has 7 heteroatoms. The van der Waals surface area contributed by atoms with Crippen LogP contribution in [-0.2, 0) is 16.0 Å². The highest BCUT2D eigenvalue weighted by atomic mass is 127. The van der Waals surface area contributed by atoms with Gasteiger partial charge in [-0.05, 0) is 88.1 Å². The van der Waals surface area contributed by atoms with Crippen molar-refractivity contribution >= 4 is 62.1 Å². The van der Waals surface area contributed by atoms with Crippen LogP contribution >= 0.6 is 45.2 Å². The van der Waals surface area contributed by atoms with Crippen LogP contribution in [0.4, 0.5) is 0 Å². The quantitative estimate of drug-likeness (QED) is 0.0319. The summed E-state index contributed by atoms with van der Waals surface area (Å²) in [6.07, 6.45) is 13.2. The number of rotatable bonds is 18. The number of ether oxygens (including phenoxy) is 2. The van der Waals surface area contributed by atoms with Crippen molar-refractivity contribution < 1.29 is 18.7 Å². The standard InChI is InChI=1S/C37H48I2O5/c1-6-7-12-15-27-16-18-28(19-17-27)31-24-29-20-21-30(25-33(29)44-34(31)40)42-22-13-10-8-9-11-14-23-43-35(41)32(37(4,5)39)26-36(2,3)38/h8-9,16-21,24-25,32H,6-7,10-15,22-23,26H2,1-5H3/b9-8+. The first-order chi connectivity index (χ1) is 20.9. The molecule has 0 spiro atoms. The summed E-state index contributed by atoms with van der Waals surface area (Å²) in [6.45, 7) is 11.7. The van der Waals surface area contributed by atoms with E-state index in [0.29, 0.717) is 30.1 Å². The molecule has 1 aromatic heterocycles.